The van der Waals surface area contributed by atoms with Crippen molar-refractivity contribution >= 4 is 39.1 Å². The zero-order valence-corrected chi connectivity index (χ0v) is 15.4. The molecule has 7 nitrogen and oxygen atoms in total. The van der Waals surface area contributed by atoms with Crippen LogP contribution in [0.15, 0.2) is 35.4 Å². The topological polar surface area (TPSA) is 93.1 Å². The van der Waals surface area contributed by atoms with Gasteiger partial charge in [-0.1, -0.05) is 6.07 Å². The number of aryl methyl sites for hydroxylation is 2. The maximum atomic E-state index is 12.6. The SMILES string of the molecule is CNC(=O)c1cccc(NC(=O)Cn2cnc3sc(C)c(C)c3c2=O)c1. The third kappa shape index (κ3) is 3.36. The number of rotatable bonds is 4. The Morgan fingerprint density at radius 1 is 1.27 bits per heavy atom. The molecular formula is C18H18N4O3S. The first-order valence-electron chi connectivity index (χ1n) is 7.98. The third-order valence-corrected chi connectivity index (χ3v) is 5.22. The predicted molar refractivity (Wildman–Crippen MR) is 102 cm³/mol. The van der Waals surface area contributed by atoms with Crippen molar-refractivity contribution in [3.8, 4) is 0 Å². The van der Waals surface area contributed by atoms with Crippen LogP contribution in [0.1, 0.15) is 20.8 Å². The van der Waals surface area contributed by atoms with E-state index in [2.05, 4.69) is 15.6 Å². The van der Waals surface area contributed by atoms with E-state index in [9.17, 15) is 14.4 Å². The van der Waals surface area contributed by atoms with Gasteiger partial charge in [-0.2, -0.15) is 0 Å². The minimum Gasteiger partial charge on any atom is -0.355 e. The molecular weight excluding hydrogens is 352 g/mol. The fourth-order valence-electron chi connectivity index (χ4n) is 2.62. The molecule has 3 aromatic rings. The zero-order chi connectivity index (χ0) is 18.8. The Kier molecular flexibility index (Phi) is 4.85. The van der Waals surface area contributed by atoms with Crippen LogP contribution in [-0.4, -0.2) is 28.4 Å². The summed E-state index contributed by atoms with van der Waals surface area (Å²) in [6.07, 6.45) is 1.39. The summed E-state index contributed by atoms with van der Waals surface area (Å²) in [7, 11) is 1.54. The van der Waals surface area contributed by atoms with Gasteiger partial charge in [0.25, 0.3) is 11.5 Å². The number of carbonyl (C=O) groups excluding carboxylic acids is 2. The van der Waals surface area contributed by atoms with Gasteiger partial charge in [0, 0.05) is 23.2 Å². The van der Waals surface area contributed by atoms with Gasteiger partial charge < -0.3 is 10.6 Å². The second-order valence-corrected chi connectivity index (χ2v) is 7.05. The number of hydrogen-bond acceptors (Lipinski definition) is 5. The molecule has 134 valence electrons. The van der Waals surface area contributed by atoms with Crippen LogP contribution < -0.4 is 16.2 Å². The second-order valence-electron chi connectivity index (χ2n) is 5.85. The van der Waals surface area contributed by atoms with E-state index in [1.807, 2.05) is 13.8 Å². The van der Waals surface area contributed by atoms with E-state index in [4.69, 9.17) is 0 Å². The first-order valence-corrected chi connectivity index (χ1v) is 8.79. The molecule has 2 aromatic heterocycles. The molecule has 2 amide bonds. The molecule has 0 fully saturated rings. The van der Waals surface area contributed by atoms with Crippen molar-refractivity contribution in [2.75, 3.05) is 12.4 Å². The standard InChI is InChI=1S/C18H18N4O3S/c1-10-11(2)26-17-15(10)18(25)22(9-20-17)8-14(23)21-13-6-4-5-12(7-13)16(24)19-3/h4-7,9H,8H2,1-3H3,(H,19,24)(H,21,23). The normalized spacial score (nSPS) is 10.7. The average Bonchev–Trinajstić information content (AvgIpc) is 2.92. The lowest BCUT2D eigenvalue weighted by molar-refractivity contribution is -0.116. The zero-order valence-electron chi connectivity index (χ0n) is 14.6. The molecule has 0 aliphatic carbocycles. The Bertz CT molecular complexity index is 1070. The minimum absolute atomic E-state index is 0.152. The van der Waals surface area contributed by atoms with Crippen LogP contribution in [0, 0.1) is 13.8 Å². The molecule has 2 N–H and O–H groups in total. The molecule has 2 heterocycles. The Hall–Kier alpha value is -3.00. The molecule has 0 spiro atoms. The third-order valence-electron chi connectivity index (χ3n) is 4.11. The van der Waals surface area contributed by atoms with Gasteiger partial charge in [0.2, 0.25) is 5.91 Å². The maximum absolute atomic E-state index is 12.6. The van der Waals surface area contributed by atoms with Crippen molar-refractivity contribution < 1.29 is 9.59 Å². The van der Waals surface area contributed by atoms with E-state index in [-0.39, 0.29) is 23.9 Å². The fraction of sp³-hybridized carbons (Fsp3) is 0.222. The number of anilines is 1. The second kappa shape index (κ2) is 7.09. The average molecular weight is 370 g/mol. The molecule has 26 heavy (non-hydrogen) atoms. The van der Waals surface area contributed by atoms with Gasteiger partial charge in [-0.3, -0.25) is 19.0 Å². The van der Waals surface area contributed by atoms with Crippen LogP contribution >= 0.6 is 11.3 Å². The number of benzene rings is 1. The highest BCUT2D eigenvalue weighted by molar-refractivity contribution is 7.18. The summed E-state index contributed by atoms with van der Waals surface area (Å²) in [5.41, 5.74) is 1.59. The van der Waals surface area contributed by atoms with E-state index >= 15 is 0 Å². The van der Waals surface area contributed by atoms with Crippen molar-refractivity contribution in [1.82, 2.24) is 14.9 Å². The van der Waals surface area contributed by atoms with Crippen LogP contribution in [0.4, 0.5) is 5.69 Å². The van der Waals surface area contributed by atoms with Crippen molar-refractivity contribution in [1.29, 1.82) is 0 Å². The molecule has 0 saturated carbocycles. The molecule has 1 aromatic carbocycles. The summed E-state index contributed by atoms with van der Waals surface area (Å²) < 4.78 is 1.29. The number of nitrogens with one attached hydrogen (secondary N) is 2. The van der Waals surface area contributed by atoms with Gasteiger partial charge in [0.15, 0.2) is 0 Å². The summed E-state index contributed by atoms with van der Waals surface area (Å²) in [4.78, 5) is 42.6. The molecule has 3 rings (SSSR count). The molecule has 8 heteroatoms. The number of carbonyl (C=O) groups is 2. The quantitative estimate of drug-likeness (QED) is 0.735. The maximum Gasteiger partial charge on any atom is 0.262 e. The van der Waals surface area contributed by atoms with Gasteiger partial charge in [-0.15, -0.1) is 11.3 Å². The van der Waals surface area contributed by atoms with Crippen LogP contribution in [0.2, 0.25) is 0 Å². The number of fused-ring (bicyclic) bond motifs is 1. The van der Waals surface area contributed by atoms with E-state index < -0.39 is 0 Å². The highest BCUT2D eigenvalue weighted by Gasteiger charge is 2.14. The highest BCUT2D eigenvalue weighted by atomic mass is 32.1. The molecule has 0 unspecified atom stereocenters. The Balaban J connectivity index is 1.82. The molecule has 0 atom stereocenters. The lowest BCUT2D eigenvalue weighted by Crippen LogP contribution is -2.28. The Labute approximate surface area is 153 Å². The van der Waals surface area contributed by atoms with Crippen LogP contribution in [0.5, 0.6) is 0 Å². The summed E-state index contributed by atoms with van der Waals surface area (Å²) >= 11 is 1.47. The molecule has 0 aliphatic rings. The number of amides is 2. The van der Waals surface area contributed by atoms with Gasteiger partial charge in [-0.05, 0) is 37.6 Å². The van der Waals surface area contributed by atoms with Gasteiger partial charge in [0.05, 0.1) is 11.7 Å². The molecule has 0 radical (unpaired) electrons. The molecule has 0 aliphatic heterocycles. The summed E-state index contributed by atoms with van der Waals surface area (Å²) in [5, 5.41) is 5.79. The van der Waals surface area contributed by atoms with E-state index in [1.54, 1.807) is 24.3 Å². The number of thiophene rings is 1. The molecule has 0 bridgehead atoms. The van der Waals surface area contributed by atoms with Gasteiger partial charge in [0.1, 0.15) is 11.4 Å². The van der Waals surface area contributed by atoms with Crippen molar-refractivity contribution in [3.63, 3.8) is 0 Å². The first-order chi connectivity index (χ1) is 12.4. The summed E-state index contributed by atoms with van der Waals surface area (Å²) in [6.45, 7) is 3.67. The molecule has 0 saturated heterocycles. The van der Waals surface area contributed by atoms with Crippen molar-refractivity contribution in [3.05, 3.63) is 57.0 Å². The van der Waals surface area contributed by atoms with Gasteiger partial charge in [-0.25, -0.2) is 4.98 Å². The Morgan fingerprint density at radius 2 is 2.04 bits per heavy atom. The predicted octanol–water partition coefficient (Wildman–Crippen LogP) is 2.07. The smallest absolute Gasteiger partial charge is 0.262 e. The summed E-state index contributed by atoms with van der Waals surface area (Å²) in [6, 6.07) is 6.59. The van der Waals surface area contributed by atoms with E-state index in [1.165, 1.54) is 29.3 Å². The highest BCUT2D eigenvalue weighted by Crippen LogP contribution is 2.25. The summed E-state index contributed by atoms with van der Waals surface area (Å²) in [5.74, 6) is -0.609. The minimum atomic E-state index is -0.369. The Morgan fingerprint density at radius 3 is 2.77 bits per heavy atom. The number of aromatic nitrogens is 2. The van der Waals surface area contributed by atoms with Crippen LogP contribution in [-0.2, 0) is 11.3 Å². The van der Waals surface area contributed by atoms with E-state index in [0.717, 1.165) is 10.4 Å². The number of hydrogen-bond donors (Lipinski definition) is 2. The largest absolute Gasteiger partial charge is 0.355 e. The van der Waals surface area contributed by atoms with Crippen molar-refractivity contribution in [2.45, 2.75) is 20.4 Å². The lowest BCUT2D eigenvalue weighted by atomic mass is 10.2. The van der Waals surface area contributed by atoms with Gasteiger partial charge >= 0.3 is 0 Å². The van der Waals surface area contributed by atoms with Crippen molar-refractivity contribution in [2.24, 2.45) is 0 Å². The first kappa shape index (κ1) is 17.8. The number of nitrogens with zero attached hydrogens (tertiary/aromatic N) is 2. The van der Waals surface area contributed by atoms with Crippen LogP contribution in [0.3, 0.4) is 0 Å². The van der Waals surface area contributed by atoms with E-state index in [0.29, 0.717) is 21.5 Å². The van der Waals surface area contributed by atoms with Crippen LogP contribution in [0.25, 0.3) is 10.2 Å². The lowest BCUT2D eigenvalue weighted by Gasteiger charge is -2.08. The fourth-order valence-corrected chi connectivity index (χ4v) is 3.61. The monoisotopic (exact) mass is 370 g/mol.